The lowest BCUT2D eigenvalue weighted by atomic mass is 10.3. The van der Waals surface area contributed by atoms with E-state index in [0.717, 1.165) is 5.57 Å². The largest absolute Gasteiger partial charge is 0.481 e. The van der Waals surface area contributed by atoms with Crippen molar-refractivity contribution < 1.29 is 14.7 Å². The molecule has 0 aromatic heterocycles. The number of carboxylic acid groups (broad SMARTS) is 1. The van der Waals surface area contributed by atoms with E-state index in [2.05, 4.69) is 11.9 Å². The molecular formula is C9H13NO3. The van der Waals surface area contributed by atoms with Crippen LogP contribution in [0.3, 0.4) is 0 Å². The molecule has 13 heavy (non-hydrogen) atoms. The maximum Gasteiger partial charge on any atom is 0.307 e. The molecule has 1 aliphatic rings. The molecule has 4 heteroatoms. The lowest BCUT2D eigenvalue weighted by Crippen LogP contribution is -2.27. The highest BCUT2D eigenvalue weighted by molar-refractivity contribution is 5.89. The van der Waals surface area contributed by atoms with Gasteiger partial charge in [-0.1, -0.05) is 12.2 Å². The first kappa shape index (κ1) is 9.77. The first-order valence-electron chi connectivity index (χ1n) is 4.17. The van der Waals surface area contributed by atoms with Gasteiger partial charge in [0.1, 0.15) is 0 Å². The van der Waals surface area contributed by atoms with Crippen LogP contribution in [-0.4, -0.2) is 23.5 Å². The van der Waals surface area contributed by atoms with Crippen LogP contribution in [0.5, 0.6) is 0 Å². The second-order valence-electron chi connectivity index (χ2n) is 3.46. The second-order valence-corrected chi connectivity index (χ2v) is 3.46. The minimum atomic E-state index is -0.879. The number of hydrogen-bond acceptors (Lipinski definition) is 2. The van der Waals surface area contributed by atoms with Gasteiger partial charge in [0.15, 0.2) is 0 Å². The van der Waals surface area contributed by atoms with Gasteiger partial charge in [0.2, 0.25) is 5.91 Å². The molecule has 1 amide bonds. The molecule has 0 unspecified atom stereocenters. The fraction of sp³-hybridized carbons (Fsp3) is 0.556. The summed E-state index contributed by atoms with van der Waals surface area (Å²) in [7, 11) is 0. The SMILES string of the molecule is C=C(C)CNC(=O)[C@@H]1C[C@@H]1C(=O)O. The topological polar surface area (TPSA) is 66.4 Å². The summed E-state index contributed by atoms with van der Waals surface area (Å²) < 4.78 is 0. The molecule has 0 saturated heterocycles. The van der Waals surface area contributed by atoms with Crippen LogP contribution in [0.1, 0.15) is 13.3 Å². The molecule has 72 valence electrons. The average Bonchev–Trinajstić information content (AvgIpc) is 2.78. The van der Waals surface area contributed by atoms with Crippen molar-refractivity contribution in [1.82, 2.24) is 5.32 Å². The number of carbonyl (C=O) groups is 2. The van der Waals surface area contributed by atoms with Crippen molar-refractivity contribution in [2.45, 2.75) is 13.3 Å². The van der Waals surface area contributed by atoms with Gasteiger partial charge >= 0.3 is 5.97 Å². The van der Waals surface area contributed by atoms with E-state index in [1.54, 1.807) is 0 Å². The molecule has 1 aliphatic carbocycles. The van der Waals surface area contributed by atoms with E-state index in [1.807, 2.05) is 6.92 Å². The van der Waals surface area contributed by atoms with Gasteiger partial charge < -0.3 is 10.4 Å². The van der Waals surface area contributed by atoms with Crippen LogP contribution < -0.4 is 5.32 Å². The van der Waals surface area contributed by atoms with Gasteiger partial charge in [0, 0.05) is 6.54 Å². The maximum atomic E-state index is 11.2. The van der Waals surface area contributed by atoms with Gasteiger partial charge in [-0.25, -0.2) is 0 Å². The van der Waals surface area contributed by atoms with Crippen LogP contribution in [0.15, 0.2) is 12.2 Å². The number of hydrogen-bond donors (Lipinski definition) is 2. The molecule has 0 heterocycles. The second kappa shape index (κ2) is 3.60. The minimum Gasteiger partial charge on any atom is -0.481 e. The fourth-order valence-electron chi connectivity index (χ4n) is 1.13. The smallest absolute Gasteiger partial charge is 0.307 e. The Balaban J connectivity index is 2.27. The molecule has 1 rings (SSSR count). The highest BCUT2D eigenvalue weighted by atomic mass is 16.4. The molecule has 1 fully saturated rings. The highest BCUT2D eigenvalue weighted by Gasteiger charge is 2.48. The Morgan fingerprint density at radius 3 is 2.54 bits per heavy atom. The number of carboxylic acids is 1. The lowest BCUT2D eigenvalue weighted by Gasteiger charge is -2.02. The van der Waals surface area contributed by atoms with E-state index in [9.17, 15) is 9.59 Å². The summed E-state index contributed by atoms with van der Waals surface area (Å²) in [6.45, 7) is 5.87. The summed E-state index contributed by atoms with van der Waals surface area (Å²) in [6, 6.07) is 0. The van der Waals surface area contributed by atoms with Crippen LogP contribution in [0.4, 0.5) is 0 Å². The normalized spacial score (nSPS) is 25.0. The quantitative estimate of drug-likeness (QED) is 0.620. The van der Waals surface area contributed by atoms with Crippen molar-refractivity contribution in [3.05, 3.63) is 12.2 Å². The summed E-state index contributed by atoms with van der Waals surface area (Å²) in [5.41, 5.74) is 0.862. The number of carbonyl (C=O) groups excluding carboxylic acids is 1. The Labute approximate surface area is 76.6 Å². The van der Waals surface area contributed by atoms with E-state index in [0.29, 0.717) is 13.0 Å². The van der Waals surface area contributed by atoms with E-state index >= 15 is 0 Å². The minimum absolute atomic E-state index is 0.171. The van der Waals surface area contributed by atoms with E-state index in [-0.39, 0.29) is 11.8 Å². The molecule has 0 spiro atoms. The molecule has 2 N–H and O–H groups in total. The van der Waals surface area contributed by atoms with Gasteiger partial charge in [-0.15, -0.1) is 0 Å². The summed E-state index contributed by atoms with van der Waals surface area (Å²) in [4.78, 5) is 21.6. The Kier molecular flexibility index (Phi) is 2.70. The Hall–Kier alpha value is -1.32. The van der Waals surface area contributed by atoms with Gasteiger partial charge in [-0.05, 0) is 13.3 Å². The van der Waals surface area contributed by atoms with Gasteiger partial charge in [0.05, 0.1) is 11.8 Å². The molecule has 4 nitrogen and oxygen atoms in total. The Morgan fingerprint density at radius 2 is 2.15 bits per heavy atom. The summed E-state index contributed by atoms with van der Waals surface area (Å²) in [5, 5.41) is 11.2. The molecule has 0 bridgehead atoms. The maximum absolute atomic E-state index is 11.2. The highest BCUT2D eigenvalue weighted by Crippen LogP contribution is 2.38. The molecule has 1 saturated carbocycles. The van der Waals surface area contributed by atoms with E-state index in [4.69, 9.17) is 5.11 Å². The van der Waals surface area contributed by atoms with Crippen LogP contribution in [0.25, 0.3) is 0 Å². The summed E-state index contributed by atoms with van der Waals surface area (Å²) in [5.74, 6) is -1.84. The average molecular weight is 183 g/mol. The molecule has 0 radical (unpaired) electrons. The molecular weight excluding hydrogens is 170 g/mol. The monoisotopic (exact) mass is 183 g/mol. The summed E-state index contributed by atoms with van der Waals surface area (Å²) in [6.07, 6.45) is 0.470. The van der Waals surface area contributed by atoms with Crippen molar-refractivity contribution in [2.24, 2.45) is 11.8 Å². The first-order chi connectivity index (χ1) is 6.02. The third-order valence-corrected chi connectivity index (χ3v) is 2.01. The van der Waals surface area contributed by atoms with E-state index in [1.165, 1.54) is 0 Å². The number of aliphatic carboxylic acids is 1. The third kappa shape index (κ3) is 2.57. The van der Waals surface area contributed by atoms with Crippen LogP contribution in [0, 0.1) is 11.8 Å². The van der Waals surface area contributed by atoms with Crippen molar-refractivity contribution >= 4 is 11.9 Å². The third-order valence-electron chi connectivity index (χ3n) is 2.01. The van der Waals surface area contributed by atoms with Crippen LogP contribution >= 0.6 is 0 Å². The van der Waals surface area contributed by atoms with Crippen molar-refractivity contribution in [3.63, 3.8) is 0 Å². The van der Waals surface area contributed by atoms with Crippen LogP contribution in [-0.2, 0) is 9.59 Å². The van der Waals surface area contributed by atoms with E-state index < -0.39 is 11.9 Å². The first-order valence-corrected chi connectivity index (χ1v) is 4.17. The zero-order valence-electron chi connectivity index (χ0n) is 7.54. The Morgan fingerprint density at radius 1 is 1.54 bits per heavy atom. The predicted octanol–water partition coefficient (Wildman–Crippen LogP) is 0.399. The molecule has 0 aromatic rings. The summed E-state index contributed by atoms with van der Waals surface area (Å²) >= 11 is 0. The zero-order chi connectivity index (χ0) is 10.0. The Bertz CT molecular complexity index is 260. The van der Waals surface area contributed by atoms with Crippen molar-refractivity contribution in [1.29, 1.82) is 0 Å². The molecule has 2 atom stereocenters. The van der Waals surface area contributed by atoms with Gasteiger partial charge in [-0.2, -0.15) is 0 Å². The molecule has 0 aliphatic heterocycles. The van der Waals surface area contributed by atoms with Crippen LogP contribution in [0.2, 0.25) is 0 Å². The van der Waals surface area contributed by atoms with Gasteiger partial charge in [0.25, 0.3) is 0 Å². The molecule has 0 aromatic carbocycles. The number of rotatable bonds is 4. The predicted molar refractivity (Wildman–Crippen MR) is 47.1 cm³/mol. The number of nitrogens with one attached hydrogen (secondary N) is 1. The standard InChI is InChI=1S/C9H13NO3/c1-5(2)4-10-8(11)6-3-7(6)9(12)13/h6-7H,1,3-4H2,2H3,(H,10,11)(H,12,13)/t6-,7+/m1/s1. The lowest BCUT2D eigenvalue weighted by molar-refractivity contribution is -0.140. The number of amides is 1. The van der Waals surface area contributed by atoms with Crippen molar-refractivity contribution in [2.75, 3.05) is 6.54 Å². The van der Waals surface area contributed by atoms with Gasteiger partial charge in [-0.3, -0.25) is 9.59 Å². The van der Waals surface area contributed by atoms with Crippen molar-refractivity contribution in [3.8, 4) is 0 Å². The fourth-order valence-corrected chi connectivity index (χ4v) is 1.13. The zero-order valence-corrected chi connectivity index (χ0v) is 7.54.